The molecule has 26 heavy (non-hydrogen) atoms. The van der Waals surface area contributed by atoms with Crippen LogP contribution in [0, 0.1) is 0 Å². The quantitative estimate of drug-likeness (QED) is 0.213. The average Bonchev–Trinajstić information content (AvgIpc) is 2.59. The van der Waals surface area contributed by atoms with Gasteiger partial charge in [-0.25, -0.2) is 0 Å². The summed E-state index contributed by atoms with van der Waals surface area (Å²) in [5, 5.41) is 0.599. The number of thiol groups is 2. The molecule has 0 radical (unpaired) electrons. The first-order valence-corrected chi connectivity index (χ1v) is 9.43. The number of rotatable bonds is 7. The van der Waals surface area contributed by atoms with Crippen LogP contribution in [0.25, 0.3) is 0 Å². The van der Waals surface area contributed by atoms with Gasteiger partial charge in [0.15, 0.2) is 0 Å². The van der Waals surface area contributed by atoms with E-state index in [1.165, 1.54) is 0 Å². The lowest BCUT2D eigenvalue weighted by Gasteiger charge is -2.24. The van der Waals surface area contributed by atoms with Crippen LogP contribution >= 0.6 is 61.3 Å². The first-order valence-electron chi connectivity index (χ1n) is 7.34. The largest absolute Gasteiger partial charge is 0.370 e. The highest BCUT2D eigenvalue weighted by Gasteiger charge is 2.12. The summed E-state index contributed by atoms with van der Waals surface area (Å²) >= 11 is 23.0. The van der Waals surface area contributed by atoms with Crippen LogP contribution in [0.4, 0.5) is 5.69 Å². The number of amides is 2. The Morgan fingerprint density at radius 1 is 0.885 bits per heavy atom. The fraction of sp³-hybridized carbons (Fsp3) is 0.286. The molecule has 1 aromatic rings. The molecule has 0 aliphatic carbocycles. The predicted molar refractivity (Wildman–Crippen MR) is 119 cm³/mol. The van der Waals surface area contributed by atoms with Crippen LogP contribution in [0.15, 0.2) is 24.3 Å². The van der Waals surface area contributed by atoms with E-state index in [4.69, 9.17) is 36.0 Å². The van der Waals surface area contributed by atoms with Crippen molar-refractivity contribution in [1.82, 2.24) is 21.7 Å². The molecule has 7 nitrogen and oxygen atoms in total. The maximum atomic E-state index is 11.8. The van der Waals surface area contributed by atoms with E-state index >= 15 is 0 Å². The van der Waals surface area contributed by atoms with Gasteiger partial charge < -0.3 is 4.90 Å². The van der Waals surface area contributed by atoms with E-state index in [0.29, 0.717) is 18.1 Å². The molecule has 12 heteroatoms. The minimum atomic E-state index is -0.257. The fourth-order valence-electron chi connectivity index (χ4n) is 1.87. The second kappa shape index (κ2) is 12.2. The number of carbonyl (C=O) groups excluding carboxylic acids is 2. The van der Waals surface area contributed by atoms with Crippen molar-refractivity contribution in [2.45, 2.75) is 12.8 Å². The number of hydrazine groups is 2. The highest BCUT2D eigenvalue weighted by atomic mass is 35.5. The van der Waals surface area contributed by atoms with Gasteiger partial charge in [-0.1, -0.05) is 36.0 Å². The van der Waals surface area contributed by atoms with Gasteiger partial charge in [-0.05, 0) is 24.3 Å². The number of thiocarbonyl (C=S) groups is 2. The van der Waals surface area contributed by atoms with Gasteiger partial charge in [-0.3, -0.25) is 31.3 Å². The number of halogens is 1. The molecule has 2 amide bonds. The number of hydrogen-bond acceptors (Lipinski definition) is 5. The monoisotopic (exact) mass is 451 g/mol. The summed E-state index contributed by atoms with van der Waals surface area (Å²) in [7, 11) is 0. The number of nitrogens with zero attached hydrogens (tertiary/aromatic N) is 1. The fourth-order valence-corrected chi connectivity index (χ4v) is 2.21. The molecule has 1 aromatic carbocycles. The van der Waals surface area contributed by atoms with Crippen molar-refractivity contribution in [3.63, 3.8) is 0 Å². The van der Waals surface area contributed by atoms with E-state index in [1.807, 2.05) is 17.0 Å². The van der Waals surface area contributed by atoms with Gasteiger partial charge in [0, 0.05) is 36.6 Å². The minimum absolute atomic E-state index is 0.166. The lowest BCUT2D eigenvalue weighted by Crippen LogP contribution is -2.42. The Balaban J connectivity index is 2.63. The van der Waals surface area contributed by atoms with Crippen molar-refractivity contribution < 1.29 is 9.59 Å². The topological polar surface area (TPSA) is 85.5 Å². The highest BCUT2D eigenvalue weighted by molar-refractivity contribution is 8.11. The van der Waals surface area contributed by atoms with Gasteiger partial charge in [0.2, 0.25) is 11.8 Å². The first kappa shape index (κ1) is 22.8. The summed E-state index contributed by atoms with van der Waals surface area (Å²) in [5.41, 5.74) is 10.6. The number of hydrogen-bond donors (Lipinski definition) is 6. The summed E-state index contributed by atoms with van der Waals surface area (Å²) in [4.78, 5) is 25.5. The lowest BCUT2D eigenvalue weighted by molar-refractivity contribution is -0.121. The van der Waals surface area contributed by atoms with Crippen molar-refractivity contribution in [3.05, 3.63) is 29.3 Å². The summed E-state index contributed by atoms with van der Waals surface area (Å²) in [6, 6.07) is 7.12. The van der Waals surface area contributed by atoms with Crippen LogP contribution in [0.3, 0.4) is 0 Å². The third-order valence-corrected chi connectivity index (χ3v) is 3.71. The van der Waals surface area contributed by atoms with Crippen molar-refractivity contribution in [2.24, 2.45) is 0 Å². The molecule has 0 unspecified atom stereocenters. The Hall–Kier alpha value is -1.27. The van der Waals surface area contributed by atoms with Crippen LogP contribution < -0.4 is 26.6 Å². The second-order valence-electron chi connectivity index (χ2n) is 4.92. The van der Waals surface area contributed by atoms with E-state index < -0.39 is 0 Å². The first-order chi connectivity index (χ1) is 12.3. The normalized spacial score (nSPS) is 9.81. The second-order valence-corrected chi connectivity index (χ2v) is 7.67. The zero-order valence-electron chi connectivity index (χ0n) is 13.5. The number of anilines is 1. The number of carbonyl (C=O) groups is 2. The molecule has 0 aliphatic rings. The van der Waals surface area contributed by atoms with Gasteiger partial charge in [0.05, 0.1) is 0 Å². The van der Waals surface area contributed by atoms with Crippen LogP contribution in [0.1, 0.15) is 12.8 Å². The maximum Gasteiger partial charge on any atom is 0.240 e. The molecular formula is C14H18ClN5O2S4. The SMILES string of the molecule is O=C(CCN(CCC(=O)NNC(=S)S)c1ccc(Cl)cc1)NNC(=S)S. The molecule has 0 aromatic heterocycles. The number of nitrogens with one attached hydrogen (secondary N) is 4. The summed E-state index contributed by atoms with van der Waals surface area (Å²) < 4.78 is 0.332. The zero-order chi connectivity index (χ0) is 19.5. The van der Waals surface area contributed by atoms with E-state index in [0.717, 1.165) is 5.69 Å². The van der Waals surface area contributed by atoms with Gasteiger partial charge in [-0.15, -0.1) is 25.3 Å². The van der Waals surface area contributed by atoms with Crippen molar-refractivity contribution in [1.29, 1.82) is 0 Å². The predicted octanol–water partition coefficient (Wildman–Crippen LogP) is 1.60. The number of benzene rings is 1. The van der Waals surface area contributed by atoms with E-state index in [1.54, 1.807) is 12.1 Å². The summed E-state index contributed by atoms with van der Waals surface area (Å²) in [5.74, 6) is -0.515. The molecule has 0 atom stereocenters. The minimum Gasteiger partial charge on any atom is -0.370 e. The van der Waals surface area contributed by atoms with Crippen molar-refractivity contribution >= 4 is 87.4 Å². The summed E-state index contributed by atoms with van der Waals surface area (Å²) in [6.45, 7) is 0.778. The molecule has 4 N–H and O–H groups in total. The standard InChI is InChI=1S/C14H18ClN5O2S4/c15-9-1-3-10(4-2-9)20(7-5-11(21)16-18-13(23)24)8-6-12(22)17-19-14(25)26/h1-4H,5-8H2,(H,16,21)(H,17,22)(H2,18,23,24)(H2,19,25,26). The van der Waals surface area contributed by atoms with Crippen LogP contribution in [0.5, 0.6) is 0 Å². The lowest BCUT2D eigenvalue weighted by atomic mass is 10.2. The third-order valence-electron chi connectivity index (χ3n) is 3.03. The molecule has 0 fully saturated rings. The summed E-state index contributed by atoms with van der Waals surface area (Å²) in [6.07, 6.45) is 0.374. The van der Waals surface area contributed by atoms with Crippen LogP contribution in [-0.2, 0) is 9.59 Å². The van der Waals surface area contributed by atoms with E-state index in [9.17, 15) is 9.59 Å². The molecule has 0 heterocycles. The molecule has 0 saturated carbocycles. The average molecular weight is 452 g/mol. The Morgan fingerprint density at radius 3 is 1.69 bits per heavy atom. The van der Waals surface area contributed by atoms with Gasteiger partial charge in [-0.2, -0.15) is 0 Å². The van der Waals surface area contributed by atoms with Gasteiger partial charge >= 0.3 is 0 Å². The molecule has 0 bridgehead atoms. The smallest absolute Gasteiger partial charge is 0.240 e. The highest BCUT2D eigenvalue weighted by Crippen LogP contribution is 2.18. The van der Waals surface area contributed by atoms with Crippen molar-refractivity contribution in [3.8, 4) is 0 Å². The van der Waals surface area contributed by atoms with Crippen LogP contribution in [-0.4, -0.2) is 33.5 Å². The Kier molecular flexibility index (Phi) is 10.7. The molecule has 142 valence electrons. The molecule has 0 spiro atoms. The van der Waals surface area contributed by atoms with Crippen LogP contribution in [0.2, 0.25) is 5.02 Å². The third kappa shape index (κ3) is 10.0. The maximum absolute atomic E-state index is 11.8. The van der Waals surface area contributed by atoms with Crippen molar-refractivity contribution in [2.75, 3.05) is 18.0 Å². The van der Waals surface area contributed by atoms with Gasteiger partial charge in [0.25, 0.3) is 0 Å². The Labute approximate surface area is 178 Å². The zero-order valence-corrected chi connectivity index (χ0v) is 17.7. The molecular weight excluding hydrogens is 434 g/mol. The molecule has 0 aliphatic heterocycles. The van der Waals surface area contributed by atoms with E-state index in [2.05, 4.69) is 47.0 Å². The molecule has 1 rings (SSSR count). The van der Waals surface area contributed by atoms with E-state index in [-0.39, 0.29) is 33.3 Å². The molecule has 0 saturated heterocycles. The Bertz CT molecular complexity index is 625. The van der Waals surface area contributed by atoms with Gasteiger partial charge in [0.1, 0.15) is 8.64 Å². The Morgan fingerprint density at radius 2 is 1.31 bits per heavy atom.